The third-order valence-electron chi connectivity index (χ3n) is 6.16. The third-order valence-corrected chi connectivity index (χ3v) is 6.35. The Morgan fingerprint density at radius 2 is 1.46 bits per heavy atom. The Morgan fingerprint density at radius 1 is 0.829 bits per heavy atom. The lowest BCUT2D eigenvalue weighted by molar-refractivity contribution is -0.147. The molecule has 0 unspecified atom stereocenters. The van der Waals surface area contributed by atoms with Gasteiger partial charge in [-0.15, -0.1) is 0 Å². The molecule has 35 heavy (non-hydrogen) atoms. The summed E-state index contributed by atoms with van der Waals surface area (Å²) < 4.78 is 11.1. The third kappa shape index (κ3) is 6.41. The number of carbonyl (C=O) groups excluding carboxylic acids is 2. The van der Waals surface area contributed by atoms with Gasteiger partial charge in [0.1, 0.15) is 19.3 Å². The van der Waals surface area contributed by atoms with E-state index in [0.717, 1.165) is 34.2 Å². The van der Waals surface area contributed by atoms with E-state index in [4.69, 9.17) is 21.3 Å². The Hall–Kier alpha value is -3.35. The van der Waals surface area contributed by atoms with Crippen molar-refractivity contribution in [1.82, 2.24) is 10.2 Å². The van der Waals surface area contributed by atoms with E-state index >= 15 is 0 Å². The first-order chi connectivity index (χ1) is 17.2. The van der Waals surface area contributed by atoms with E-state index in [9.17, 15) is 9.59 Å². The number of hydrogen-bond donors (Lipinski definition) is 2. The Balaban J connectivity index is 1.37. The van der Waals surface area contributed by atoms with Crippen LogP contribution < -0.4 is 10.2 Å². The standard InChI is InChI=1S/C28H29ClN2O4/c29-30-17-9-8-16-26(27(32)34-18-20-10-2-1-3-11-20)31-28(33)35-19-25-23-14-6-4-12-21(23)22-13-5-7-15-24(22)25/h1-7,10-15,25-26,30H,8-9,16-19H2,(H,31,33)/t26-/m0/s1. The van der Waals surface area contributed by atoms with Crippen LogP contribution in [0.3, 0.4) is 0 Å². The van der Waals surface area contributed by atoms with Crippen LogP contribution in [0.15, 0.2) is 78.9 Å². The maximum Gasteiger partial charge on any atom is 0.407 e. The van der Waals surface area contributed by atoms with Gasteiger partial charge in [0.2, 0.25) is 0 Å². The first kappa shape index (κ1) is 24.8. The molecule has 0 aromatic heterocycles. The van der Waals surface area contributed by atoms with Gasteiger partial charge in [-0.2, -0.15) is 0 Å². The van der Waals surface area contributed by atoms with Crippen LogP contribution in [0.4, 0.5) is 4.79 Å². The van der Waals surface area contributed by atoms with Crippen molar-refractivity contribution < 1.29 is 19.1 Å². The average Bonchev–Trinajstić information content (AvgIpc) is 3.22. The molecule has 7 heteroatoms. The first-order valence-electron chi connectivity index (χ1n) is 11.8. The molecule has 3 aromatic carbocycles. The molecule has 0 spiro atoms. The van der Waals surface area contributed by atoms with Gasteiger partial charge in [0.25, 0.3) is 0 Å². The van der Waals surface area contributed by atoms with Gasteiger partial charge in [-0.1, -0.05) is 78.9 Å². The second-order valence-corrected chi connectivity index (χ2v) is 8.76. The minimum atomic E-state index is -0.801. The van der Waals surface area contributed by atoms with Crippen LogP contribution in [0, 0.1) is 0 Å². The van der Waals surface area contributed by atoms with Gasteiger partial charge in [-0.05, 0) is 58.9 Å². The summed E-state index contributed by atoms with van der Waals surface area (Å²) in [6, 6.07) is 24.9. The number of halogens is 1. The zero-order valence-corrected chi connectivity index (χ0v) is 20.2. The molecule has 1 amide bonds. The summed E-state index contributed by atoms with van der Waals surface area (Å²) in [7, 11) is 0. The molecule has 3 aromatic rings. The monoisotopic (exact) mass is 492 g/mol. The van der Waals surface area contributed by atoms with E-state index in [0.29, 0.717) is 19.4 Å². The van der Waals surface area contributed by atoms with Crippen molar-refractivity contribution in [3.63, 3.8) is 0 Å². The molecule has 0 fully saturated rings. The molecule has 1 atom stereocenters. The fraction of sp³-hybridized carbons (Fsp3) is 0.286. The molecule has 182 valence electrons. The number of nitrogens with one attached hydrogen (secondary N) is 2. The number of carbonyl (C=O) groups is 2. The van der Waals surface area contributed by atoms with E-state index in [1.54, 1.807) is 0 Å². The van der Waals surface area contributed by atoms with Crippen LogP contribution in [0.25, 0.3) is 11.1 Å². The Kier molecular flexibility index (Phi) is 8.76. The van der Waals surface area contributed by atoms with Crippen molar-refractivity contribution in [3.05, 3.63) is 95.6 Å². The minimum Gasteiger partial charge on any atom is -0.459 e. The summed E-state index contributed by atoms with van der Waals surface area (Å²) in [5, 5.41) is 2.71. The fourth-order valence-corrected chi connectivity index (χ4v) is 4.53. The highest BCUT2D eigenvalue weighted by Crippen LogP contribution is 2.44. The van der Waals surface area contributed by atoms with Gasteiger partial charge in [0, 0.05) is 12.5 Å². The summed E-state index contributed by atoms with van der Waals surface area (Å²) in [5.74, 6) is -0.535. The number of rotatable bonds is 11. The Labute approximate surface area is 210 Å². The van der Waals surface area contributed by atoms with Gasteiger partial charge in [-0.25, -0.2) is 14.4 Å². The molecule has 0 aliphatic heterocycles. The summed E-state index contributed by atoms with van der Waals surface area (Å²) in [5.41, 5.74) is 5.47. The summed E-state index contributed by atoms with van der Waals surface area (Å²) in [4.78, 5) is 28.1. The van der Waals surface area contributed by atoms with Crippen LogP contribution in [-0.2, 0) is 20.9 Å². The van der Waals surface area contributed by atoms with Crippen molar-refractivity contribution >= 4 is 23.8 Å². The molecule has 0 heterocycles. The van der Waals surface area contributed by atoms with Gasteiger partial charge in [0.05, 0.1) is 0 Å². The Bertz CT molecular complexity index is 1090. The van der Waals surface area contributed by atoms with E-state index in [1.165, 1.54) is 0 Å². The van der Waals surface area contributed by atoms with E-state index in [2.05, 4.69) is 34.4 Å². The lowest BCUT2D eigenvalue weighted by Gasteiger charge is -2.19. The van der Waals surface area contributed by atoms with Crippen molar-refractivity contribution in [2.24, 2.45) is 0 Å². The second kappa shape index (κ2) is 12.4. The normalized spacial score (nSPS) is 12.9. The molecule has 0 saturated carbocycles. The number of fused-ring (bicyclic) bond motifs is 3. The van der Waals surface area contributed by atoms with Gasteiger partial charge < -0.3 is 14.8 Å². The minimum absolute atomic E-state index is 0.0496. The number of amides is 1. The Morgan fingerprint density at radius 3 is 2.11 bits per heavy atom. The van der Waals surface area contributed by atoms with Crippen LogP contribution in [0.2, 0.25) is 0 Å². The van der Waals surface area contributed by atoms with Gasteiger partial charge in [0.15, 0.2) is 0 Å². The first-order valence-corrected chi connectivity index (χ1v) is 12.2. The second-order valence-electron chi connectivity index (χ2n) is 8.50. The SMILES string of the molecule is O=C(N[C@@H](CCCCNCl)C(=O)OCc1ccccc1)OCC1c2ccccc2-c2ccccc21. The molecular formula is C28H29ClN2O4. The highest BCUT2D eigenvalue weighted by molar-refractivity contribution is 6.13. The molecule has 2 N–H and O–H groups in total. The predicted octanol–water partition coefficient (Wildman–Crippen LogP) is 5.55. The maximum atomic E-state index is 12.8. The topological polar surface area (TPSA) is 76.7 Å². The van der Waals surface area contributed by atoms with Crippen LogP contribution in [0.5, 0.6) is 0 Å². The van der Waals surface area contributed by atoms with Gasteiger partial charge >= 0.3 is 12.1 Å². The number of unbranched alkanes of at least 4 members (excludes halogenated alkanes) is 1. The summed E-state index contributed by atoms with van der Waals surface area (Å²) >= 11 is 5.53. The summed E-state index contributed by atoms with van der Waals surface area (Å²) in [6.07, 6.45) is 1.24. The average molecular weight is 493 g/mol. The van der Waals surface area contributed by atoms with Gasteiger partial charge in [-0.3, -0.25) is 0 Å². The molecule has 0 saturated heterocycles. The largest absolute Gasteiger partial charge is 0.459 e. The number of ether oxygens (including phenoxy) is 2. The molecular weight excluding hydrogens is 464 g/mol. The molecule has 4 rings (SSSR count). The highest BCUT2D eigenvalue weighted by atomic mass is 35.5. The number of alkyl carbamates (subject to hydrolysis) is 1. The molecule has 1 aliphatic rings. The number of hydrogen-bond acceptors (Lipinski definition) is 5. The van der Waals surface area contributed by atoms with Crippen molar-refractivity contribution in [2.45, 2.75) is 37.8 Å². The van der Waals surface area contributed by atoms with Crippen molar-refractivity contribution in [1.29, 1.82) is 0 Å². The predicted molar refractivity (Wildman–Crippen MR) is 136 cm³/mol. The maximum absolute atomic E-state index is 12.8. The highest BCUT2D eigenvalue weighted by Gasteiger charge is 2.30. The van der Waals surface area contributed by atoms with E-state index in [1.807, 2.05) is 54.6 Å². The number of benzene rings is 3. The lowest BCUT2D eigenvalue weighted by Crippen LogP contribution is -2.42. The van der Waals surface area contributed by atoms with Crippen molar-refractivity contribution in [2.75, 3.05) is 13.2 Å². The molecule has 1 aliphatic carbocycles. The lowest BCUT2D eigenvalue weighted by atomic mass is 9.98. The zero-order chi connectivity index (χ0) is 24.5. The van der Waals surface area contributed by atoms with Crippen LogP contribution >= 0.6 is 11.8 Å². The van der Waals surface area contributed by atoms with Crippen molar-refractivity contribution in [3.8, 4) is 11.1 Å². The van der Waals surface area contributed by atoms with Crippen LogP contribution in [0.1, 0.15) is 41.9 Å². The zero-order valence-electron chi connectivity index (χ0n) is 19.4. The summed E-state index contributed by atoms with van der Waals surface area (Å²) in [6.45, 7) is 0.936. The molecule has 0 radical (unpaired) electrons. The smallest absolute Gasteiger partial charge is 0.407 e. The fourth-order valence-electron chi connectivity index (χ4n) is 4.40. The quantitative estimate of drug-likeness (QED) is 0.208. The van der Waals surface area contributed by atoms with E-state index < -0.39 is 18.1 Å². The van der Waals surface area contributed by atoms with E-state index in [-0.39, 0.29) is 19.1 Å². The molecule has 0 bridgehead atoms. The molecule has 6 nitrogen and oxygen atoms in total. The number of esters is 1. The van der Waals surface area contributed by atoms with Crippen LogP contribution in [-0.4, -0.2) is 31.3 Å².